The molecule has 1 aliphatic rings. The van der Waals surface area contributed by atoms with Gasteiger partial charge in [0.25, 0.3) is 5.91 Å². The van der Waals surface area contributed by atoms with Crippen LogP contribution in [-0.4, -0.2) is 56.5 Å². The van der Waals surface area contributed by atoms with Crippen molar-refractivity contribution in [2.75, 3.05) is 32.8 Å². The number of carbonyl (C=O) groups is 1. The van der Waals surface area contributed by atoms with Crippen molar-refractivity contribution in [1.82, 2.24) is 14.6 Å². The number of aryl methyl sites for hydroxylation is 1. The molecule has 1 saturated heterocycles. The number of rotatable bonds is 7. The average molecular weight is 478 g/mol. The van der Waals surface area contributed by atoms with Gasteiger partial charge in [0, 0.05) is 35.5 Å². The maximum atomic E-state index is 12.8. The van der Waals surface area contributed by atoms with Gasteiger partial charge in [0.05, 0.1) is 33.7 Å². The number of amides is 1. The Morgan fingerprint density at radius 3 is 2.77 bits per heavy atom. The summed E-state index contributed by atoms with van der Waals surface area (Å²) >= 11 is 3.29. The number of ether oxygens (including phenoxy) is 1. The molecule has 1 aliphatic heterocycles. The van der Waals surface area contributed by atoms with Crippen LogP contribution >= 0.6 is 22.7 Å². The van der Waals surface area contributed by atoms with E-state index < -0.39 is 10.0 Å². The largest absolute Gasteiger partial charge is 0.379 e. The van der Waals surface area contributed by atoms with Crippen LogP contribution in [0.5, 0.6) is 0 Å². The highest BCUT2D eigenvalue weighted by Crippen LogP contribution is 2.29. The summed E-state index contributed by atoms with van der Waals surface area (Å²) in [6.07, 6.45) is 0.700. The van der Waals surface area contributed by atoms with Crippen LogP contribution in [0.2, 0.25) is 0 Å². The van der Waals surface area contributed by atoms with Crippen LogP contribution in [0.4, 0.5) is 0 Å². The van der Waals surface area contributed by atoms with E-state index in [0.717, 1.165) is 20.5 Å². The highest BCUT2D eigenvalue weighted by atomic mass is 32.2. The van der Waals surface area contributed by atoms with Gasteiger partial charge in [-0.15, -0.1) is 22.7 Å². The molecule has 10 heteroatoms. The van der Waals surface area contributed by atoms with Gasteiger partial charge in [-0.2, -0.15) is 4.31 Å². The minimum Gasteiger partial charge on any atom is -0.379 e. The SMILES string of the molecule is Cc1nc(-c2ccc(CCNC(=O)c3cccc(S(=O)(=O)N4CCOCC4)c3)s2)cs1. The van der Waals surface area contributed by atoms with Crippen LogP contribution in [0.1, 0.15) is 20.2 Å². The van der Waals surface area contributed by atoms with Gasteiger partial charge in [-0.1, -0.05) is 6.07 Å². The fourth-order valence-electron chi connectivity index (χ4n) is 3.26. The van der Waals surface area contributed by atoms with Crippen molar-refractivity contribution in [3.8, 4) is 10.6 Å². The van der Waals surface area contributed by atoms with E-state index in [4.69, 9.17) is 4.74 Å². The fourth-order valence-corrected chi connectivity index (χ4v) is 6.37. The molecule has 4 rings (SSSR count). The van der Waals surface area contributed by atoms with E-state index in [9.17, 15) is 13.2 Å². The molecule has 1 amide bonds. The fraction of sp³-hybridized carbons (Fsp3) is 0.333. The number of thiazole rings is 1. The third kappa shape index (κ3) is 5.21. The number of aromatic nitrogens is 1. The Morgan fingerprint density at radius 2 is 2.03 bits per heavy atom. The standard InChI is InChI=1S/C21H23N3O4S3/c1-15-23-19(14-29-15)20-6-5-17(30-20)7-8-22-21(25)16-3-2-4-18(13-16)31(26,27)24-9-11-28-12-10-24/h2-6,13-14H,7-12H2,1H3,(H,22,25). The Bertz CT molecular complexity index is 1160. The number of thiophene rings is 1. The summed E-state index contributed by atoms with van der Waals surface area (Å²) in [5, 5.41) is 5.97. The molecule has 1 fully saturated rings. The van der Waals surface area contributed by atoms with Crippen molar-refractivity contribution in [3.63, 3.8) is 0 Å². The molecule has 31 heavy (non-hydrogen) atoms. The number of morpholine rings is 1. The Morgan fingerprint density at radius 1 is 1.23 bits per heavy atom. The number of hydrogen-bond donors (Lipinski definition) is 1. The summed E-state index contributed by atoms with van der Waals surface area (Å²) in [6, 6.07) is 10.3. The molecule has 164 valence electrons. The summed E-state index contributed by atoms with van der Waals surface area (Å²) in [5.41, 5.74) is 1.32. The monoisotopic (exact) mass is 477 g/mol. The zero-order valence-electron chi connectivity index (χ0n) is 17.0. The number of nitrogens with zero attached hydrogens (tertiary/aromatic N) is 2. The minimum atomic E-state index is -3.63. The van der Waals surface area contributed by atoms with Gasteiger partial charge in [0.2, 0.25) is 10.0 Å². The lowest BCUT2D eigenvalue weighted by molar-refractivity contribution is 0.0730. The van der Waals surface area contributed by atoms with E-state index in [1.807, 2.05) is 12.3 Å². The predicted molar refractivity (Wildman–Crippen MR) is 122 cm³/mol. The Kier molecular flexibility index (Phi) is 6.83. The molecule has 2 aromatic heterocycles. The Hall–Kier alpha value is -2.11. The summed E-state index contributed by atoms with van der Waals surface area (Å²) in [4.78, 5) is 19.5. The summed E-state index contributed by atoms with van der Waals surface area (Å²) in [7, 11) is -3.63. The second kappa shape index (κ2) is 9.58. The maximum absolute atomic E-state index is 12.8. The van der Waals surface area contributed by atoms with Crippen molar-refractivity contribution < 1.29 is 17.9 Å². The van der Waals surface area contributed by atoms with Crippen LogP contribution in [0.15, 0.2) is 46.7 Å². The van der Waals surface area contributed by atoms with E-state index in [1.165, 1.54) is 16.4 Å². The average Bonchev–Trinajstić information content (AvgIpc) is 3.43. The third-order valence-electron chi connectivity index (χ3n) is 4.89. The van der Waals surface area contributed by atoms with Gasteiger partial charge >= 0.3 is 0 Å². The van der Waals surface area contributed by atoms with Gasteiger partial charge in [-0.05, 0) is 43.7 Å². The lowest BCUT2D eigenvalue weighted by atomic mass is 10.2. The Labute approximate surface area is 189 Å². The molecule has 0 unspecified atom stereocenters. The van der Waals surface area contributed by atoms with Crippen molar-refractivity contribution in [3.05, 3.63) is 57.2 Å². The van der Waals surface area contributed by atoms with Crippen LogP contribution in [0.3, 0.4) is 0 Å². The lowest BCUT2D eigenvalue weighted by Gasteiger charge is -2.26. The molecular weight excluding hydrogens is 454 g/mol. The maximum Gasteiger partial charge on any atom is 0.251 e. The van der Waals surface area contributed by atoms with Crippen molar-refractivity contribution in [2.24, 2.45) is 0 Å². The van der Waals surface area contributed by atoms with Crippen molar-refractivity contribution >= 4 is 38.6 Å². The third-order valence-corrected chi connectivity index (χ3v) is 8.73. The number of nitrogens with one attached hydrogen (secondary N) is 1. The molecular formula is C21H23N3O4S3. The van der Waals surface area contributed by atoms with Crippen molar-refractivity contribution in [1.29, 1.82) is 0 Å². The number of sulfonamides is 1. The molecule has 0 spiro atoms. The lowest BCUT2D eigenvalue weighted by Crippen LogP contribution is -2.40. The van der Waals surface area contributed by atoms with Gasteiger partial charge in [0.1, 0.15) is 0 Å². The van der Waals surface area contributed by atoms with E-state index in [0.29, 0.717) is 44.8 Å². The molecule has 0 atom stereocenters. The van der Waals surface area contributed by atoms with Gasteiger partial charge in [-0.25, -0.2) is 13.4 Å². The zero-order valence-corrected chi connectivity index (χ0v) is 19.5. The summed E-state index contributed by atoms with van der Waals surface area (Å²) in [5.74, 6) is -0.286. The summed E-state index contributed by atoms with van der Waals surface area (Å²) < 4.78 is 32.3. The van der Waals surface area contributed by atoms with Crippen LogP contribution in [0, 0.1) is 6.92 Å². The number of benzene rings is 1. The first-order valence-electron chi connectivity index (χ1n) is 9.91. The van der Waals surface area contributed by atoms with Crippen LogP contribution in [-0.2, 0) is 21.2 Å². The van der Waals surface area contributed by atoms with E-state index in [-0.39, 0.29) is 10.8 Å². The predicted octanol–water partition coefficient (Wildman–Crippen LogP) is 3.17. The smallest absolute Gasteiger partial charge is 0.251 e. The van der Waals surface area contributed by atoms with Gasteiger partial charge in [0.15, 0.2) is 0 Å². The summed E-state index contributed by atoms with van der Waals surface area (Å²) in [6.45, 7) is 3.86. The molecule has 0 saturated carbocycles. The first kappa shape index (κ1) is 22.1. The Balaban J connectivity index is 1.36. The van der Waals surface area contributed by atoms with Crippen LogP contribution < -0.4 is 5.32 Å². The second-order valence-electron chi connectivity index (χ2n) is 7.07. The topological polar surface area (TPSA) is 88.6 Å². The molecule has 0 bridgehead atoms. The molecule has 3 heterocycles. The number of hydrogen-bond acceptors (Lipinski definition) is 7. The normalized spacial score (nSPS) is 15.1. The zero-order chi connectivity index (χ0) is 21.8. The molecule has 0 aliphatic carbocycles. The minimum absolute atomic E-state index is 0.128. The second-order valence-corrected chi connectivity index (χ2v) is 11.2. The highest BCUT2D eigenvalue weighted by Gasteiger charge is 2.26. The van der Waals surface area contributed by atoms with Gasteiger partial charge < -0.3 is 10.1 Å². The quantitative estimate of drug-likeness (QED) is 0.565. The first-order chi connectivity index (χ1) is 14.9. The molecule has 3 aromatic rings. The van der Waals surface area contributed by atoms with Crippen LogP contribution in [0.25, 0.3) is 10.6 Å². The first-order valence-corrected chi connectivity index (χ1v) is 13.0. The molecule has 0 radical (unpaired) electrons. The molecule has 1 N–H and O–H groups in total. The van der Waals surface area contributed by atoms with E-state index in [1.54, 1.807) is 34.8 Å². The van der Waals surface area contributed by atoms with E-state index in [2.05, 4.69) is 22.4 Å². The molecule has 1 aromatic carbocycles. The molecule has 7 nitrogen and oxygen atoms in total. The van der Waals surface area contributed by atoms with E-state index >= 15 is 0 Å². The van der Waals surface area contributed by atoms with Gasteiger partial charge in [-0.3, -0.25) is 4.79 Å². The number of carbonyl (C=O) groups excluding carboxylic acids is 1. The van der Waals surface area contributed by atoms with Crippen molar-refractivity contribution in [2.45, 2.75) is 18.2 Å². The highest BCUT2D eigenvalue weighted by molar-refractivity contribution is 7.89.